The minimum Gasteiger partial charge on any atom is -0.484 e. The average Bonchev–Trinajstić information content (AvgIpc) is 2.89. The van der Waals surface area contributed by atoms with Gasteiger partial charge in [0.2, 0.25) is 0 Å². The summed E-state index contributed by atoms with van der Waals surface area (Å²) in [5, 5.41) is 4.11. The van der Waals surface area contributed by atoms with Crippen molar-refractivity contribution >= 4 is 17.5 Å². The molecule has 1 aromatic carbocycles. The Hall–Kier alpha value is -1.26. The molecule has 2 saturated heterocycles. The Morgan fingerprint density at radius 1 is 1.45 bits per heavy atom. The maximum absolute atomic E-state index is 12.2. The van der Waals surface area contributed by atoms with Crippen LogP contribution in [0.1, 0.15) is 12.8 Å². The molecule has 3 rings (SSSR count). The fourth-order valence-electron chi connectivity index (χ4n) is 3.04. The number of carbonyl (C=O) groups excluding carboxylic acids is 1. The Morgan fingerprint density at radius 3 is 3.15 bits per heavy atom. The number of hydrogen-bond acceptors (Lipinski definition) is 3. The van der Waals surface area contributed by atoms with E-state index in [1.54, 1.807) is 12.1 Å². The summed E-state index contributed by atoms with van der Waals surface area (Å²) in [6.45, 7) is 2.82. The molecule has 2 fully saturated rings. The molecule has 4 nitrogen and oxygen atoms in total. The van der Waals surface area contributed by atoms with Crippen molar-refractivity contribution in [2.24, 2.45) is 5.92 Å². The molecule has 1 N–H and O–H groups in total. The highest BCUT2D eigenvalue weighted by Crippen LogP contribution is 2.25. The maximum atomic E-state index is 12.2. The van der Waals surface area contributed by atoms with Gasteiger partial charge in [0.15, 0.2) is 6.61 Å². The van der Waals surface area contributed by atoms with Crippen LogP contribution in [0.3, 0.4) is 0 Å². The molecule has 20 heavy (non-hydrogen) atoms. The van der Waals surface area contributed by atoms with Crippen molar-refractivity contribution in [3.05, 3.63) is 29.3 Å². The lowest BCUT2D eigenvalue weighted by atomic mass is 9.94. The maximum Gasteiger partial charge on any atom is 0.260 e. The number of fused-ring (bicyclic) bond motifs is 1. The summed E-state index contributed by atoms with van der Waals surface area (Å²) in [6.07, 6.45) is 2.43. The number of nitrogens with one attached hydrogen (secondary N) is 1. The van der Waals surface area contributed by atoms with Gasteiger partial charge in [-0.1, -0.05) is 17.7 Å². The first-order chi connectivity index (χ1) is 9.72. The van der Waals surface area contributed by atoms with Crippen LogP contribution in [0.5, 0.6) is 5.75 Å². The van der Waals surface area contributed by atoms with Gasteiger partial charge in [-0.2, -0.15) is 0 Å². The third-order valence-corrected chi connectivity index (χ3v) is 4.35. The Labute approximate surface area is 124 Å². The van der Waals surface area contributed by atoms with Crippen LogP contribution in [-0.2, 0) is 4.79 Å². The smallest absolute Gasteiger partial charge is 0.260 e. The fourth-order valence-corrected chi connectivity index (χ4v) is 3.22. The second-order valence-electron chi connectivity index (χ2n) is 5.51. The summed E-state index contributed by atoms with van der Waals surface area (Å²) in [4.78, 5) is 14.1. The predicted octanol–water partition coefficient (Wildman–Crippen LogP) is 1.93. The number of halogens is 1. The third-order valence-electron chi connectivity index (χ3n) is 4.11. The monoisotopic (exact) mass is 294 g/mol. The molecule has 2 aliphatic rings. The van der Waals surface area contributed by atoms with Crippen molar-refractivity contribution in [2.75, 3.05) is 26.2 Å². The van der Waals surface area contributed by atoms with E-state index in [1.165, 1.54) is 12.8 Å². The molecule has 0 saturated carbocycles. The topological polar surface area (TPSA) is 41.6 Å². The first-order valence-electron chi connectivity index (χ1n) is 7.12. The van der Waals surface area contributed by atoms with Gasteiger partial charge in [-0.05, 0) is 43.5 Å². The SMILES string of the molecule is O=C(COc1cccc(Cl)c1)N1CC2CCCNC2C1. The number of amides is 1. The first-order valence-corrected chi connectivity index (χ1v) is 7.50. The number of ether oxygens (including phenoxy) is 1. The molecule has 2 atom stereocenters. The van der Waals surface area contributed by atoms with Crippen LogP contribution in [0.25, 0.3) is 0 Å². The minimum atomic E-state index is 0.0566. The lowest BCUT2D eigenvalue weighted by Crippen LogP contribution is -2.41. The lowest BCUT2D eigenvalue weighted by Gasteiger charge is -2.24. The molecule has 0 bridgehead atoms. The summed E-state index contributed by atoms with van der Waals surface area (Å²) >= 11 is 5.89. The Bertz CT molecular complexity index is 481. The van der Waals surface area contributed by atoms with Gasteiger partial charge in [-0.15, -0.1) is 0 Å². The van der Waals surface area contributed by atoms with E-state index < -0.39 is 0 Å². The molecule has 2 aliphatic heterocycles. The number of piperidine rings is 1. The molecule has 2 heterocycles. The molecule has 0 radical (unpaired) electrons. The zero-order chi connectivity index (χ0) is 13.9. The molecule has 1 aromatic rings. The van der Waals surface area contributed by atoms with E-state index in [0.29, 0.717) is 22.7 Å². The van der Waals surface area contributed by atoms with Crippen LogP contribution in [0, 0.1) is 5.92 Å². The van der Waals surface area contributed by atoms with Crippen molar-refractivity contribution < 1.29 is 9.53 Å². The van der Waals surface area contributed by atoms with E-state index in [9.17, 15) is 4.79 Å². The van der Waals surface area contributed by atoms with E-state index in [-0.39, 0.29) is 12.5 Å². The standard InChI is InChI=1S/C15H19ClN2O2/c16-12-4-1-5-13(7-12)20-10-15(19)18-8-11-3-2-6-17-14(11)9-18/h1,4-5,7,11,14,17H,2-3,6,8-10H2. The number of carbonyl (C=O) groups is 1. The largest absolute Gasteiger partial charge is 0.484 e. The highest BCUT2D eigenvalue weighted by atomic mass is 35.5. The normalized spacial score (nSPS) is 25.4. The first kappa shape index (κ1) is 13.7. The number of likely N-dealkylation sites (tertiary alicyclic amines) is 1. The number of hydrogen-bond donors (Lipinski definition) is 1. The zero-order valence-corrected chi connectivity index (χ0v) is 12.1. The summed E-state index contributed by atoms with van der Waals surface area (Å²) in [6, 6.07) is 7.60. The van der Waals surface area contributed by atoms with Crippen LogP contribution in [-0.4, -0.2) is 43.1 Å². The van der Waals surface area contributed by atoms with Gasteiger partial charge in [-0.25, -0.2) is 0 Å². The van der Waals surface area contributed by atoms with Crippen molar-refractivity contribution in [1.29, 1.82) is 0 Å². The van der Waals surface area contributed by atoms with E-state index in [0.717, 1.165) is 19.6 Å². The molecule has 0 aliphatic carbocycles. The number of nitrogens with zero attached hydrogens (tertiary/aromatic N) is 1. The highest BCUT2D eigenvalue weighted by molar-refractivity contribution is 6.30. The van der Waals surface area contributed by atoms with Crippen LogP contribution in [0.2, 0.25) is 5.02 Å². The second kappa shape index (κ2) is 6.02. The van der Waals surface area contributed by atoms with Crippen LogP contribution in [0.4, 0.5) is 0 Å². The van der Waals surface area contributed by atoms with Gasteiger partial charge in [0.05, 0.1) is 0 Å². The molecule has 2 unspecified atom stereocenters. The molecule has 108 valence electrons. The number of rotatable bonds is 3. The highest BCUT2D eigenvalue weighted by Gasteiger charge is 2.36. The van der Waals surface area contributed by atoms with Crippen molar-refractivity contribution in [2.45, 2.75) is 18.9 Å². The van der Waals surface area contributed by atoms with Crippen LogP contribution < -0.4 is 10.1 Å². The summed E-state index contributed by atoms with van der Waals surface area (Å²) < 4.78 is 5.52. The summed E-state index contributed by atoms with van der Waals surface area (Å²) in [5.41, 5.74) is 0. The van der Waals surface area contributed by atoms with Gasteiger partial charge < -0.3 is 15.0 Å². The molecule has 5 heteroatoms. The minimum absolute atomic E-state index is 0.0566. The molecule has 0 spiro atoms. The third kappa shape index (κ3) is 3.07. The van der Waals surface area contributed by atoms with Crippen molar-refractivity contribution in [3.63, 3.8) is 0 Å². The molecular formula is C15H19ClN2O2. The Kier molecular flexibility index (Phi) is 4.13. The molecule has 1 amide bonds. The second-order valence-corrected chi connectivity index (χ2v) is 5.94. The average molecular weight is 295 g/mol. The van der Waals surface area contributed by atoms with E-state index in [1.807, 2.05) is 17.0 Å². The Balaban J connectivity index is 1.52. The predicted molar refractivity (Wildman–Crippen MR) is 78.0 cm³/mol. The van der Waals surface area contributed by atoms with Crippen LogP contribution >= 0.6 is 11.6 Å². The Morgan fingerprint density at radius 2 is 2.35 bits per heavy atom. The van der Waals surface area contributed by atoms with E-state index >= 15 is 0 Å². The van der Waals surface area contributed by atoms with Gasteiger partial charge in [0, 0.05) is 24.2 Å². The molecular weight excluding hydrogens is 276 g/mol. The van der Waals surface area contributed by atoms with Gasteiger partial charge in [0.1, 0.15) is 5.75 Å². The van der Waals surface area contributed by atoms with Gasteiger partial charge >= 0.3 is 0 Å². The summed E-state index contributed by atoms with van der Waals surface area (Å²) in [7, 11) is 0. The van der Waals surface area contributed by atoms with Gasteiger partial charge in [-0.3, -0.25) is 4.79 Å². The zero-order valence-electron chi connectivity index (χ0n) is 11.3. The quantitative estimate of drug-likeness (QED) is 0.926. The van der Waals surface area contributed by atoms with Crippen molar-refractivity contribution in [1.82, 2.24) is 10.2 Å². The lowest BCUT2D eigenvalue weighted by molar-refractivity contribution is -0.132. The number of benzene rings is 1. The fraction of sp³-hybridized carbons (Fsp3) is 0.533. The summed E-state index contributed by atoms with van der Waals surface area (Å²) in [5.74, 6) is 1.31. The van der Waals surface area contributed by atoms with Crippen LogP contribution in [0.15, 0.2) is 24.3 Å². The van der Waals surface area contributed by atoms with E-state index in [4.69, 9.17) is 16.3 Å². The van der Waals surface area contributed by atoms with Crippen molar-refractivity contribution in [3.8, 4) is 5.75 Å². The molecule has 0 aromatic heterocycles. The van der Waals surface area contributed by atoms with Gasteiger partial charge in [0.25, 0.3) is 5.91 Å². The van der Waals surface area contributed by atoms with E-state index in [2.05, 4.69) is 5.32 Å².